The van der Waals surface area contributed by atoms with E-state index in [0.717, 1.165) is 12.8 Å². The maximum absolute atomic E-state index is 14.8. The van der Waals surface area contributed by atoms with Crippen molar-refractivity contribution in [1.29, 1.82) is 5.26 Å². The number of anilines is 1. The van der Waals surface area contributed by atoms with E-state index in [9.17, 15) is 14.0 Å². The highest BCUT2D eigenvalue weighted by Crippen LogP contribution is 2.38. The lowest BCUT2D eigenvalue weighted by Crippen LogP contribution is -2.38. The van der Waals surface area contributed by atoms with E-state index in [-0.39, 0.29) is 16.5 Å². The van der Waals surface area contributed by atoms with E-state index in [0.29, 0.717) is 41.2 Å². The van der Waals surface area contributed by atoms with Gasteiger partial charge in [0.25, 0.3) is 0 Å². The van der Waals surface area contributed by atoms with Gasteiger partial charge >= 0.3 is 0 Å². The normalized spacial score (nSPS) is 17.2. The van der Waals surface area contributed by atoms with Gasteiger partial charge in [-0.2, -0.15) is 10.5 Å². The molecular formula is C22H17ClF2N8. The molecule has 1 fully saturated rings. The maximum atomic E-state index is 14.8. The Balaban J connectivity index is 1.60. The topological polar surface area (TPSA) is 107 Å². The summed E-state index contributed by atoms with van der Waals surface area (Å²) in [4.78, 5) is 10.7. The minimum absolute atomic E-state index is 0.0293. The van der Waals surface area contributed by atoms with Crippen molar-refractivity contribution >= 4 is 28.3 Å². The third-order valence-electron chi connectivity index (χ3n) is 5.96. The number of piperidine rings is 1. The van der Waals surface area contributed by atoms with Crippen molar-refractivity contribution in [2.24, 2.45) is 5.92 Å². The van der Waals surface area contributed by atoms with Crippen molar-refractivity contribution in [3.63, 3.8) is 0 Å². The summed E-state index contributed by atoms with van der Waals surface area (Å²) in [6, 6.07) is 9.59. The number of nitrogens with one attached hydrogen (secondary N) is 1. The molecule has 3 heterocycles. The van der Waals surface area contributed by atoms with Crippen LogP contribution in [-0.4, -0.2) is 43.7 Å². The van der Waals surface area contributed by atoms with E-state index < -0.39 is 17.6 Å². The second kappa shape index (κ2) is 8.67. The van der Waals surface area contributed by atoms with Gasteiger partial charge in [-0.15, -0.1) is 10.2 Å². The van der Waals surface area contributed by atoms with E-state index in [4.69, 9.17) is 11.6 Å². The largest absolute Gasteiger partial charge is 0.356 e. The summed E-state index contributed by atoms with van der Waals surface area (Å²) in [5, 5.41) is 24.2. The van der Waals surface area contributed by atoms with Crippen LogP contribution >= 0.6 is 11.6 Å². The molecular weight excluding hydrogens is 450 g/mol. The van der Waals surface area contributed by atoms with E-state index in [1.807, 2.05) is 4.90 Å². The standard InChI is InChI=1S/C22H17ClF2N8/c23-16-8-12(3-5-17(16)24)14-4-6-18(25)20-19(14)22(28-11-27-20)33-7-1-2-13(10-33)15(9-26)21-29-31-32-30-21/h3-6,8,11,13,15H,1-2,7,10H2,(H,29,30,31,32). The molecule has 0 radical (unpaired) electrons. The van der Waals surface area contributed by atoms with Crippen LogP contribution in [0.3, 0.4) is 0 Å². The third-order valence-corrected chi connectivity index (χ3v) is 6.25. The Labute approximate surface area is 192 Å². The number of tetrazole rings is 1. The first kappa shape index (κ1) is 21.2. The van der Waals surface area contributed by atoms with Crippen LogP contribution in [0.15, 0.2) is 36.7 Å². The van der Waals surface area contributed by atoms with Crippen molar-refractivity contribution < 1.29 is 8.78 Å². The minimum Gasteiger partial charge on any atom is -0.356 e. The quantitative estimate of drug-likeness (QED) is 0.478. The first-order chi connectivity index (χ1) is 16.1. The van der Waals surface area contributed by atoms with Crippen molar-refractivity contribution in [1.82, 2.24) is 30.6 Å². The van der Waals surface area contributed by atoms with Gasteiger partial charge < -0.3 is 4.90 Å². The summed E-state index contributed by atoms with van der Waals surface area (Å²) in [6.45, 7) is 1.17. The van der Waals surface area contributed by atoms with Gasteiger partial charge in [-0.05, 0) is 48.1 Å². The van der Waals surface area contributed by atoms with Crippen LogP contribution < -0.4 is 4.90 Å². The predicted octanol–water partition coefficient (Wildman–Crippen LogP) is 4.27. The lowest BCUT2D eigenvalue weighted by Gasteiger charge is -2.35. The van der Waals surface area contributed by atoms with Crippen LogP contribution in [0.5, 0.6) is 0 Å². The molecule has 0 spiro atoms. The Kier molecular flexibility index (Phi) is 5.56. The summed E-state index contributed by atoms with van der Waals surface area (Å²) in [7, 11) is 0. The fourth-order valence-electron chi connectivity index (χ4n) is 4.42. The van der Waals surface area contributed by atoms with Crippen LogP contribution in [-0.2, 0) is 0 Å². The van der Waals surface area contributed by atoms with Gasteiger partial charge in [0, 0.05) is 13.1 Å². The molecule has 2 atom stereocenters. The smallest absolute Gasteiger partial charge is 0.192 e. The summed E-state index contributed by atoms with van der Waals surface area (Å²) in [5.41, 5.74) is 1.42. The van der Waals surface area contributed by atoms with E-state index >= 15 is 0 Å². The molecule has 4 aromatic rings. The van der Waals surface area contributed by atoms with Crippen LogP contribution in [0, 0.1) is 28.9 Å². The molecule has 5 rings (SSSR count). The van der Waals surface area contributed by atoms with Crippen LogP contribution in [0.1, 0.15) is 24.6 Å². The van der Waals surface area contributed by atoms with Crippen LogP contribution in [0.2, 0.25) is 5.02 Å². The molecule has 1 aliphatic rings. The minimum atomic E-state index is -0.536. The monoisotopic (exact) mass is 466 g/mol. The van der Waals surface area contributed by atoms with Crippen LogP contribution in [0.4, 0.5) is 14.6 Å². The van der Waals surface area contributed by atoms with Gasteiger partial charge in [0.1, 0.15) is 35.2 Å². The number of H-pyrrole nitrogens is 1. The van der Waals surface area contributed by atoms with Gasteiger partial charge in [0.2, 0.25) is 0 Å². The number of aromatic amines is 1. The van der Waals surface area contributed by atoms with E-state index in [1.165, 1.54) is 24.5 Å². The zero-order valence-corrected chi connectivity index (χ0v) is 18.0. The maximum Gasteiger partial charge on any atom is 0.192 e. The molecule has 0 saturated carbocycles. The molecule has 166 valence electrons. The SMILES string of the molecule is N#CC(c1nn[nH]n1)C1CCCN(c2ncnc3c(F)ccc(-c4ccc(F)c(Cl)c4)c23)C1. The van der Waals surface area contributed by atoms with E-state index in [2.05, 4.69) is 36.7 Å². The van der Waals surface area contributed by atoms with Crippen molar-refractivity contribution in [2.45, 2.75) is 18.8 Å². The van der Waals surface area contributed by atoms with Crippen molar-refractivity contribution in [3.05, 3.63) is 59.1 Å². The highest BCUT2D eigenvalue weighted by molar-refractivity contribution is 6.31. The number of rotatable bonds is 4. The third kappa shape index (κ3) is 3.85. The van der Waals surface area contributed by atoms with Crippen molar-refractivity contribution in [3.8, 4) is 17.2 Å². The van der Waals surface area contributed by atoms with Crippen LogP contribution in [0.25, 0.3) is 22.0 Å². The summed E-state index contributed by atoms with van der Waals surface area (Å²) in [5.74, 6) is -0.725. The van der Waals surface area contributed by atoms with Gasteiger partial charge in [0.05, 0.1) is 16.5 Å². The Morgan fingerprint density at radius 1 is 1.18 bits per heavy atom. The molecule has 2 aromatic carbocycles. The Morgan fingerprint density at radius 2 is 2.03 bits per heavy atom. The molecule has 0 aliphatic carbocycles. The molecule has 2 unspecified atom stereocenters. The molecule has 0 amide bonds. The molecule has 1 saturated heterocycles. The summed E-state index contributed by atoms with van der Waals surface area (Å²) in [6.07, 6.45) is 2.94. The first-order valence-electron chi connectivity index (χ1n) is 10.3. The number of benzene rings is 2. The average molecular weight is 467 g/mol. The predicted molar refractivity (Wildman–Crippen MR) is 117 cm³/mol. The Bertz CT molecular complexity index is 1350. The van der Waals surface area contributed by atoms with Gasteiger partial charge in [-0.3, -0.25) is 0 Å². The molecule has 0 bridgehead atoms. The van der Waals surface area contributed by atoms with Crippen molar-refractivity contribution in [2.75, 3.05) is 18.0 Å². The number of nitrogens with zero attached hydrogens (tertiary/aromatic N) is 7. The lowest BCUT2D eigenvalue weighted by molar-refractivity contribution is 0.379. The molecule has 8 nitrogen and oxygen atoms in total. The number of halogens is 3. The highest BCUT2D eigenvalue weighted by Gasteiger charge is 2.32. The number of hydrogen-bond donors (Lipinski definition) is 1. The average Bonchev–Trinajstić information content (AvgIpc) is 3.36. The second-order valence-electron chi connectivity index (χ2n) is 7.87. The zero-order chi connectivity index (χ0) is 22.9. The molecule has 11 heteroatoms. The summed E-state index contributed by atoms with van der Waals surface area (Å²) < 4.78 is 28.5. The number of aromatic nitrogens is 6. The second-order valence-corrected chi connectivity index (χ2v) is 8.28. The molecule has 2 aromatic heterocycles. The molecule has 1 N–H and O–H groups in total. The fraction of sp³-hybridized carbons (Fsp3) is 0.273. The number of nitriles is 1. The first-order valence-corrected chi connectivity index (χ1v) is 10.7. The highest BCUT2D eigenvalue weighted by atomic mass is 35.5. The fourth-order valence-corrected chi connectivity index (χ4v) is 4.60. The summed E-state index contributed by atoms with van der Waals surface area (Å²) >= 11 is 6.01. The Hall–Kier alpha value is -3.71. The lowest BCUT2D eigenvalue weighted by atomic mass is 9.85. The number of fused-ring (bicyclic) bond motifs is 1. The Morgan fingerprint density at radius 3 is 2.79 bits per heavy atom. The molecule has 33 heavy (non-hydrogen) atoms. The van der Waals surface area contributed by atoms with Gasteiger partial charge in [0.15, 0.2) is 5.82 Å². The number of hydrogen-bond acceptors (Lipinski definition) is 7. The molecule has 1 aliphatic heterocycles. The van der Waals surface area contributed by atoms with E-state index in [1.54, 1.807) is 12.1 Å². The van der Waals surface area contributed by atoms with Gasteiger partial charge in [-0.25, -0.2) is 18.7 Å². The zero-order valence-electron chi connectivity index (χ0n) is 17.2. The van der Waals surface area contributed by atoms with Gasteiger partial charge in [-0.1, -0.05) is 28.9 Å².